The van der Waals surface area contributed by atoms with Crippen LogP contribution >= 0.6 is 0 Å². The third-order valence-corrected chi connectivity index (χ3v) is 3.60. The molecule has 108 valence electrons. The minimum absolute atomic E-state index is 0.0118. The molecule has 2 amide bonds. The first kappa shape index (κ1) is 14.6. The molecule has 0 radical (unpaired) electrons. The van der Waals surface area contributed by atoms with Gasteiger partial charge < -0.3 is 10.6 Å². The van der Waals surface area contributed by atoms with Gasteiger partial charge in [-0.25, -0.2) is 0 Å². The summed E-state index contributed by atoms with van der Waals surface area (Å²) < 4.78 is 0. The number of carbonyl (C=O) groups excluding carboxylic acids is 2. The highest BCUT2D eigenvalue weighted by molar-refractivity contribution is 5.92. The Balaban J connectivity index is 1.74. The number of hydrogen-bond acceptors (Lipinski definition) is 2. The van der Waals surface area contributed by atoms with Crippen molar-refractivity contribution in [2.75, 3.05) is 6.54 Å². The molecule has 2 N–H and O–H groups in total. The standard InChI is InChI=1S/C16H22N2O2/c1-3-8-17-15(19)13-9-14(13)16(20)18-10-12-6-4-11(2)5-7-12/h4-7,13-14H,3,8-10H2,1-2H3,(H,17,19)(H,18,20). The molecule has 1 aliphatic rings. The topological polar surface area (TPSA) is 58.2 Å². The average molecular weight is 274 g/mol. The van der Waals surface area contributed by atoms with Crippen LogP contribution in [0.5, 0.6) is 0 Å². The lowest BCUT2D eigenvalue weighted by atomic mass is 10.1. The lowest BCUT2D eigenvalue weighted by molar-refractivity contribution is -0.127. The van der Waals surface area contributed by atoms with Crippen molar-refractivity contribution in [2.45, 2.75) is 33.2 Å². The molecule has 1 aromatic carbocycles. The van der Waals surface area contributed by atoms with Crippen LogP contribution in [0.4, 0.5) is 0 Å². The van der Waals surface area contributed by atoms with Gasteiger partial charge in [-0.15, -0.1) is 0 Å². The van der Waals surface area contributed by atoms with Gasteiger partial charge in [0.25, 0.3) is 0 Å². The Bertz CT molecular complexity index is 482. The van der Waals surface area contributed by atoms with Crippen molar-refractivity contribution in [1.82, 2.24) is 10.6 Å². The Kier molecular flexibility index (Phi) is 4.77. The number of rotatable bonds is 6. The van der Waals surface area contributed by atoms with Gasteiger partial charge in [-0.3, -0.25) is 9.59 Å². The minimum atomic E-state index is -0.141. The third-order valence-electron chi connectivity index (χ3n) is 3.60. The molecule has 4 heteroatoms. The second-order valence-electron chi connectivity index (χ2n) is 5.44. The average Bonchev–Trinajstić information content (AvgIpc) is 3.24. The smallest absolute Gasteiger partial charge is 0.224 e. The monoisotopic (exact) mass is 274 g/mol. The van der Waals surface area contributed by atoms with Crippen molar-refractivity contribution in [1.29, 1.82) is 0 Å². The molecule has 0 bridgehead atoms. The van der Waals surface area contributed by atoms with Crippen molar-refractivity contribution in [3.05, 3.63) is 35.4 Å². The highest BCUT2D eigenvalue weighted by Crippen LogP contribution is 2.38. The molecule has 0 aliphatic heterocycles. The number of amides is 2. The number of nitrogens with one attached hydrogen (secondary N) is 2. The van der Waals surface area contributed by atoms with E-state index in [4.69, 9.17) is 0 Å². The van der Waals surface area contributed by atoms with Crippen LogP contribution in [0.2, 0.25) is 0 Å². The van der Waals surface area contributed by atoms with Gasteiger partial charge >= 0.3 is 0 Å². The second kappa shape index (κ2) is 6.55. The Labute approximate surface area is 119 Å². The van der Waals surface area contributed by atoms with E-state index in [1.54, 1.807) is 0 Å². The Morgan fingerprint density at radius 3 is 2.30 bits per heavy atom. The van der Waals surface area contributed by atoms with E-state index in [-0.39, 0.29) is 23.7 Å². The first-order valence-corrected chi connectivity index (χ1v) is 7.22. The predicted octanol–water partition coefficient (Wildman–Crippen LogP) is 1.77. The fraction of sp³-hybridized carbons (Fsp3) is 0.500. The van der Waals surface area contributed by atoms with Crippen LogP contribution in [-0.2, 0) is 16.1 Å². The quantitative estimate of drug-likeness (QED) is 0.830. The lowest BCUT2D eigenvalue weighted by Gasteiger charge is -2.06. The van der Waals surface area contributed by atoms with Gasteiger partial charge in [0.15, 0.2) is 0 Å². The maximum Gasteiger partial charge on any atom is 0.224 e. The van der Waals surface area contributed by atoms with E-state index in [2.05, 4.69) is 10.6 Å². The normalized spacial score (nSPS) is 20.3. The SMILES string of the molecule is CCCNC(=O)C1CC1C(=O)NCc1ccc(C)cc1. The number of benzene rings is 1. The molecule has 2 unspecified atom stereocenters. The second-order valence-corrected chi connectivity index (χ2v) is 5.44. The van der Waals surface area contributed by atoms with E-state index in [0.29, 0.717) is 19.5 Å². The van der Waals surface area contributed by atoms with Crippen molar-refractivity contribution in [2.24, 2.45) is 11.8 Å². The first-order valence-electron chi connectivity index (χ1n) is 7.22. The summed E-state index contributed by atoms with van der Waals surface area (Å²) >= 11 is 0. The molecule has 0 spiro atoms. The number of aryl methyl sites for hydroxylation is 1. The van der Waals surface area contributed by atoms with Crippen LogP contribution in [0, 0.1) is 18.8 Å². The molecule has 1 aromatic rings. The zero-order valence-corrected chi connectivity index (χ0v) is 12.1. The summed E-state index contributed by atoms with van der Waals surface area (Å²) in [7, 11) is 0. The number of hydrogen-bond donors (Lipinski definition) is 2. The molecule has 2 rings (SSSR count). The summed E-state index contributed by atoms with van der Waals surface area (Å²) in [5.41, 5.74) is 2.28. The van der Waals surface area contributed by atoms with E-state index >= 15 is 0 Å². The molecule has 0 saturated heterocycles. The molecule has 0 heterocycles. The Morgan fingerprint density at radius 1 is 1.10 bits per heavy atom. The fourth-order valence-corrected chi connectivity index (χ4v) is 2.18. The summed E-state index contributed by atoms with van der Waals surface area (Å²) in [5, 5.41) is 5.74. The molecule has 0 aromatic heterocycles. The van der Waals surface area contributed by atoms with Gasteiger partial charge in [-0.2, -0.15) is 0 Å². The maximum atomic E-state index is 11.9. The molecule has 4 nitrogen and oxygen atoms in total. The van der Waals surface area contributed by atoms with E-state index in [0.717, 1.165) is 12.0 Å². The van der Waals surface area contributed by atoms with Crippen molar-refractivity contribution in [3.8, 4) is 0 Å². The van der Waals surface area contributed by atoms with Crippen LogP contribution in [0.15, 0.2) is 24.3 Å². The van der Waals surface area contributed by atoms with E-state index in [1.807, 2.05) is 38.1 Å². The number of carbonyl (C=O) groups is 2. The molecular weight excluding hydrogens is 252 g/mol. The largest absolute Gasteiger partial charge is 0.356 e. The summed E-state index contributed by atoms with van der Waals surface area (Å²) in [6.07, 6.45) is 1.60. The molecule has 20 heavy (non-hydrogen) atoms. The van der Waals surface area contributed by atoms with E-state index in [9.17, 15) is 9.59 Å². The summed E-state index contributed by atoms with van der Waals surface area (Å²) in [6, 6.07) is 8.07. The van der Waals surface area contributed by atoms with Crippen LogP contribution < -0.4 is 10.6 Å². The van der Waals surface area contributed by atoms with Crippen molar-refractivity contribution < 1.29 is 9.59 Å². The summed E-state index contributed by atoms with van der Waals surface area (Å²) in [4.78, 5) is 23.6. The van der Waals surface area contributed by atoms with Gasteiger partial charge in [0, 0.05) is 13.1 Å². The van der Waals surface area contributed by atoms with Gasteiger partial charge in [-0.05, 0) is 25.3 Å². The summed E-state index contributed by atoms with van der Waals surface area (Å²) in [6.45, 7) is 5.26. The molecule has 1 fully saturated rings. The highest BCUT2D eigenvalue weighted by Gasteiger charge is 2.47. The van der Waals surface area contributed by atoms with Gasteiger partial charge in [-0.1, -0.05) is 36.8 Å². The van der Waals surface area contributed by atoms with Crippen LogP contribution in [-0.4, -0.2) is 18.4 Å². The van der Waals surface area contributed by atoms with Crippen molar-refractivity contribution in [3.63, 3.8) is 0 Å². The predicted molar refractivity (Wildman–Crippen MR) is 77.9 cm³/mol. The molecule has 2 atom stereocenters. The molecule has 1 saturated carbocycles. The first-order chi connectivity index (χ1) is 9.61. The summed E-state index contributed by atoms with van der Waals surface area (Å²) in [5.74, 6) is -0.263. The third kappa shape index (κ3) is 3.83. The lowest BCUT2D eigenvalue weighted by Crippen LogP contribution is -2.30. The van der Waals surface area contributed by atoms with Crippen LogP contribution in [0.25, 0.3) is 0 Å². The van der Waals surface area contributed by atoms with Gasteiger partial charge in [0.1, 0.15) is 0 Å². The van der Waals surface area contributed by atoms with Crippen LogP contribution in [0.3, 0.4) is 0 Å². The van der Waals surface area contributed by atoms with Crippen LogP contribution in [0.1, 0.15) is 30.9 Å². The fourth-order valence-electron chi connectivity index (χ4n) is 2.18. The zero-order valence-electron chi connectivity index (χ0n) is 12.1. The minimum Gasteiger partial charge on any atom is -0.356 e. The maximum absolute atomic E-state index is 11.9. The highest BCUT2D eigenvalue weighted by atomic mass is 16.2. The van der Waals surface area contributed by atoms with Gasteiger partial charge in [0.2, 0.25) is 11.8 Å². The zero-order chi connectivity index (χ0) is 14.5. The van der Waals surface area contributed by atoms with Crippen molar-refractivity contribution >= 4 is 11.8 Å². The van der Waals surface area contributed by atoms with E-state index in [1.165, 1.54) is 5.56 Å². The molecular formula is C16H22N2O2. The van der Waals surface area contributed by atoms with E-state index < -0.39 is 0 Å². The Hall–Kier alpha value is -1.84. The van der Waals surface area contributed by atoms with Gasteiger partial charge in [0.05, 0.1) is 11.8 Å². The Morgan fingerprint density at radius 2 is 1.70 bits per heavy atom. The molecule has 1 aliphatic carbocycles.